The Morgan fingerprint density at radius 3 is 1.20 bits per heavy atom. The molecule has 0 saturated heterocycles. The van der Waals surface area contributed by atoms with Crippen LogP contribution in [0.3, 0.4) is 0 Å². The summed E-state index contributed by atoms with van der Waals surface area (Å²) in [7, 11) is 0. The van der Waals surface area contributed by atoms with Crippen LogP contribution in [0.4, 0.5) is 5.69 Å². The summed E-state index contributed by atoms with van der Waals surface area (Å²) in [4.78, 5) is 0. The van der Waals surface area contributed by atoms with Gasteiger partial charge in [0.2, 0.25) is 0 Å². The Hall–Kier alpha value is -7.74. The van der Waals surface area contributed by atoms with Gasteiger partial charge in [-0.15, -0.1) is 0 Å². The summed E-state index contributed by atoms with van der Waals surface area (Å²) in [6, 6.07) is 74.1. The van der Waals surface area contributed by atoms with E-state index in [4.69, 9.17) is 0 Å². The van der Waals surface area contributed by atoms with Crippen molar-refractivity contribution < 1.29 is 0 Å². The second-order valence-electron chi connectivity index (χ2n) is 18.2. The van der Waals surface area contributed by atoms with Gasteiger partial charge in [-0.25, -0.2) is 0 Å². The van der Waals surface area contributed by atoms with E-state index in [9.17, 15) is 0 Å². The van der Waals surface area contributed by atoms with Gasteiger partial charge in [0.25, 0.3) is 0 Å². The monoisotopic (exact) mass is 813 g/mol. The lowest BCUT2D eigenvalue weighted by molar-refractivity contribution is 0.794. The second-order valence-corrected chi connectivity index (χ2v) is 18.2. The van der Waals surface area contributed by atoms with E-state index in [-0.39, 0.29) is 6.04 Å². The fourth-order valence-electron chi connectivity index (χ4n) is 13.1. The lowest BCUT2D eigenvalue weighted by Gasteiger charge is -2.30. The molecule has 9 aromatic rings. The maximum absolute atomic E-state index is 4.04. The first kappa shape index (κ1) is 35.8. The van der Waals surface area contributed by atoms with Gasteiger partial charge in [-0.3, -0.25) is 0 Å². The number of hydrogen-bond donors (Lipinski definition) is 1. The number of anilines is 1. The van der Waals surface area contributed by atoms with Gasteiger partial charge in [0, 0.05) is 17.2 Å². The number of fused-ring (bicyclic) bond motifs is 21. The van der Waals surface area contributed by atoms with E-state index in [0.29, 0.717) is 0 Å². The maximum Gasteiger partial charge on any atom is 0.0725 e. The van der Waals surface area contributed by atoms with Crippen LogP contribution in [0.25, 0.3) is 72.3 Å². The van der Waals surface area contributed by atoms with Crippen LogP contribution in [0.1, 0.15) is 63.9 Å². The normalized spacial score (nSPS) is 17.1. The second kappa shape index (κ2) is 12.9. The highest BCUT2D eigenvalue weighted by Crippen LogP contribution is 2.66. The quantitative estimate of drug-likeness (QED) is 0.187. The van der Waals surface area contributed by atoms with Crippen molar-refractivity contribution in [2.75, 3.05) is 5.32 Å². The summed E-state index contributed by atoms with van der Waals surface area (Å²) < 4.78 is 0. The molecule has 1 heteroatoms. The summed E-state index contributed by atoms with van der Waals surface area (Å²) in [5.41, 5.74) is 29.4. The van der Waals surface area contributed by atoms with E-state index in [1.54, 1.807) is 0 Å². The van der Waals surface area contributed by atoms with Crippen LogP contribution >= 0.6 is 0 Å². The minimum absolute atomic E-state index is 0.140. The molecule has 1 atom stereocenters. The smallest absolute Gasteiger partial charge is 0.0725 e. The van der Waals surface area contributed by atoms with E-state index in [1.807, 2.05) is 0 Å². The molecule has 0 amide bonds. The first-order valence-corrected chi connectivity index (χ1v) is 22.8. The van der Waals surface area contributed by atoms with Crippen molar-refractivity contribution in [3.8, 4) is 66.8 Å². The minimum atomic E-state index is -0.417. The molecular formula is C63H43N. The molecule has 1 N–H and O–H groups in total. The first-order valence-electron chi connectivity index (χ1n) is 22.8. The third kappa shape index (κ3) is 4.25. The molecular weight excluding hydrogens is 771 g/mol. The Morgan fingerprint density at radius 1 is 0.375 bits per heavy atom. The molecule has 0 fully saturated rings. The van der Waals surface area contributed by atoms with Gasteiger partial charge < -0.3 is 5.32 Å². The van der Waals surface area contributed by atoms with Crippen LogP contribution in [-0.2, 0) is 10.8 Å². The Labute approximate surface area is 374 Å². The summed E-state index contributed by atoms with van der Waals surface area (Å²) in [6.45, 7) is 4.41. The molecule has 9 aromatic carbocycles. The largest absolute Gasteiger partial charge is 0.377 e. The number of allylic oxidation sites excluding steroid dienone is 3. The standard InChI is InChI=1S/C63H43N/c1-3-4-19-40-38(2)64-61-49(40)36-39(41-26-17-34-57-59(41)47-24-9-15-32-55(47)62(57)51-28-11-5-20-42(51)43-21-6-12-29-52(43)62)37-50(61)46-27-18-35-58-60(46)48-25-10-16-33-56(48)63(58)53-30-13-7-22-44(53)45-23-8-14-31-54(45)63/h3-38,64H,1-2H3/b4-3-,40-19+. The van der Waals surface area contributed by atoms with Crippen molar-refractivity contribution in [2.24, 2.45) is 0 Å². The topological polar surface area (TPSA) is 12.0 Å². The SMILES string of the molecule is C/C=C\C=C1\c2cc(-c3cccc4c3-c3ccccc3C43c4ccccc4-c4ccccc43)cc(-c3cccc4c3-c3ccccc3C43c4ccccc4-c4ccccc43)c2NC1C. The Kier molecular flexibility index (Phi) is 7.22. The van der Waals surface area contributed by atoms with Crippen LogP contribution < -0.4 is 5.32 Å². The molecule has 1 heterocycles. The van der Waals surface area contributed by atoms with E-state index in [0.717, 1.165) is 0 Å². The zero-order valence-corrected chi connectivity index (χ0v) is 35.8. The highest BCUT2D eigenvalue weighted by Gasteiger charge is 2.54. The van der Waals surface area contributed by atoms with Gasteiger partial charge >= 0.3 is 0 Å². The summed E-state index contributed by atoms with van der Waals surface area (Å²) >= 11 is 0. The summed E-state index contributed by atoms with van der Waals surface area (Å²) in [5, 5.41) is 4.04. The summed E-state index contributed by atoms with van der Waals surface area (Å²) in [6.07, 6.45) is 6.65. The summed E-state index contributed by atoms with van der Waals surface area (Å²) in [5.74, 6) is 0. The number of hydrogen-bond acceptors (Lipinski definition) is 1. The van der Waals surface area contributed by atoms with Crippen molar-refractivity contribution in [1.29, 1.82) is 0 Å². The van der Waals surface area contributed by atoms with E-state index < -0.39 is 10.8 Å². The molecule has 1 unspecified atom stereocenters. The highest BCUT2D eigenvalue weighted by molar-refractivity contribution is 6.07. The van der Waals surface area contributed by atoms with Gasteiger partial charge in [0.1, 0.15) is 0 Å². The van der Waals surface area contributed by atoms with E-state index in [1.165, 1.54) is 128 Å². The molecule has 0 saturated carbocycles. The van der Waals surface area contributed by atoms with Gasteiger partial charge in [0.05, 0.1) is 16.5 Å². The fraction of sp³-hybridized carbons (Fsp3) is 0.0794. The number of rotatable bonds is 3. The van der Waals surface area contributed by atoms with Gasteiger partial charge in [-0.05, 0) is 137 Å². The van der Waals surface area contributed by atoms with Crippen LogP contribution in [0, 0.1) is 0 Å². The van der Waals surface area contributed by atoms with Crippen molar-refractivity contribution in [3.63, 3.8) is 0 Å². The van der Waals surface area contributed by atoms with Crippen LogP contribution in [-0.4, -0.2) is 6.04 Å². The van der Waals surface area contributed by atoms with E-state index >= 15 is 0 Å². The first-order chi connectivity index (χ1) is 31.7. The molecule has 2 spiro atoms. The Balaban J connectivity index is 1.07. The average Bonchev–Trinajstić information content (AvgIpc) is 4.11. The van der Waals surface area contributed by atoms with Crippen molar-refractivity contribution in [1.82, 2.24) is 0 Å². The molecule has 4 aliphatic carbocycles. The molecule has 1 nitrogen and oxygen atoms in total. The Morgan fingerprint density at radius 2 is 0.734 bits per heavy atom. The number of benzene rings is 9. The third-order valence-corrected chi connectivity index (χ3v) is 15.4. The molecule has 0 radical (unpaired) electrons. The molecule has 5 aliphatic rings. The lowest BCUT2D eigenvalue weighted by atomic mass is 9.70. The third-order valence-electron chi connectivity index (χ3n) is 15.4. The molecule has 0 aromatic heterocycles. The van der Waals surface area contributed by atoms with Gasteiger partial charge in [-0.2, -0.15) is 0 Å². The van der Waals surface area contributed by atoms with Gasteiger partial charge in [-0.1, -0.05) is 200 Å². The van der Waals surface area contributed by atoms with Crippen LogP contribution in [0.5, 0.6) is 0 Å². The average molecular weight is 814 g/mol. The van der Waals surface area contributed by atoms with Crippen molar-refractivity contribution in [3.05, 3.63) is 262 Å². The fourth-order valence-corrected chi connectivity index (χ4v) is 13.1. The molecule has 0 bridgehead atoms. The maximum atomic E-state index is 4.04. The van der Waals surface area contributed by atoms with Gasteiger partial charge in [0.15, 0.2) is 0 Å². The zero-order chi connectivity index (χ0) is 42.3. The predicted molar refractivity (Wildman–Crippen MR) is 266 cm³/mol. The number of nitrogens with one attached hydrogen (secondary N) is 1. The highest BCUT2D eigenvalue weighted by atomic mass is 15.0. The molecule has 64 heavy (non-hydrogen) atoms. The molecule has 14 rings (SSSR count). The molecule has 300 valence electrons. The van der Waals surface area contributed by atoms with E-state index in [2.05, 4.69) is 232 Å². The van der Waals surface area contributed by atoms with Crippen molar-refractivity contribution in [2.45, 2.75) is 30.7 Å². The zero-order valence-electron chi connectivity index (χ0n) is 35.8. The predicted octanol–water partition coefficient (Wildman–Crippen LogP) is 15.5. The van der Waals surface area contributed by atoms with Crippen molar-refractivity contribution >= 4 is 11.3 Å². The Bertz CT molecular complexity index is 3480. The minimum Gasteiger partial charge on any atom is -0.377 e. The lowest BCUT2D eigenvalue weighted by Crippen LogP contribution is -2.25. The molecule has 1 aliphatic heterocycles. The van der Waals surface area contributed by atoms with Crippen LogP contribution in [0.2, 0.25) is 0 Å². The van der Waals surface area contributed by atoms with Crippen LogP contribution in [0.15, 0.2) is 212 Å².